The van der Waals surface area contributed by atoms with E-state index in [0.29, 0.717) is 18.7 Å². The van der Waals surface area contributed by atoms with Crippen molar-refractivity contribution in [3.63, 3.8) is 0 Å². The maximum Gasteiger partial charge on any atom is 0.254 e. The zero-order chi connectivity index (χ0) is 20.2. The Morgan fingerprint density at radius 3 is 2.55 bits per heavy atom. The van der Waals surface area contributed by atoms with Crippen molar-refractivity contribution < 1.29 is 9.90 Å². The molecule has 4 rings (SSSR count). The van der Waals surface area contributed by atoms with Gasteiger partial charge in [0.15, 0.2) is 0 Å². The first kappa shape index (κ1) is 19.8. The van der Waals surface area contributed by atoms with Crippen LogP contribution in [0.2, 0.25) is 0 Å². The second-order valence-corrected chi connectivity index (χ2v) is 7.91. The van der Waals surface area contributed by atoms with Gasteiger partial charge < -0.3 is 15.3 Å². The van der Waals surface area contributed by atoms with Crippen molar-refractivity contribution in [2.45, 2.75) is 44.2 Å². The quantitative estimate of drug-likeness (QED) is 0.761. The van der Waals surface area contributed by atoms with Crippen molar-refractivity contribution in [2.24, 2.45) is 0 Å². The zero-order valence-corrected chi connectivity index (χ0v) is 16.9. The van der Waals surface area contributed by atoms with Crippen LogP contribution < -0.4 is 5.32 Å². The van der Waals surface area contributed by atoms with Crippen molar-refractivity contribution in [1.29, 1.82) is 0 Å². The second-order valence-electron chi connectivity index (χ2n) is 7.91. The number of allylic oxidation sites excluding steroid dienone is 2. The summed E-state index contributed by atoms with van der Waals surface area (Å²) in [6.07, 6.45) is 9.22. The predicted molar refractivity (Wildman–Crippen MR) is 115 cm³/mol. The molecule has 3 atom stereocenters. The molecule has 5 nitrogen and oxygen atoms in total. The summed E-state index contributed by atoms with van der Waals surface area (Å²) in [5.41, 5.74) is 4.63. The average Bonchev–Trinajstić information content (AvgIpc) is 3.29. The molecule has 2 heterocycles. The molecule has 0 radical (unpaired) electrons. The minimum atomic E-state index is 0.0198. The number of aromatic nitrogens is 1. The molecule has 1 saturated heterocycles. The number of likely N-dealkylation sites (N-methyl/N-ethyl adjacent to an activating group) is 1. The predicted octanol–water partition coefficient (Wildman–Crippen LogP) is 3.23. The number of aliphatic hydroxyl groups excluding tert-OH is 1. The largest absolute Gasteiger partial charge is 0.395 e. The molecule has 0 saturated carbocycles. The van der Waals surface area contributed by atoms with Crippen molar-refractivity contribution in [3.05, 3.63) is 71.6 Å². The Morgan fingerprint density at radius 1 is 1.17 bits per heavy atom. The van der Waals surface area contributed by atoms with Gasteiger partial charge in [-0.2, -0.15) is 0 Å². The van der Waals surface area contributed by atoms with Gasteiger partial charge in [0.2, 0.25) is 0 Å². The molecule has 1 aromatic carbocycles. The van der Waals surface area contributed by atoms with Gasteiger partial charge >= 0.3 is 0 Å². The Balaban J connectivity index is 1.48. The number of carbonyl (C=O) groups is 1. The molecule has 0 spiro atoms. The average molecular weight is 392 g/mol. The normalized spacial score (nSPS) is 23.4. The number of hydrogen-bond donors (Lipinski definition) is 2. The zero-order valence-electron chi connectivity index (χ0n) is 16.9. The van der Waals surface area contributed by atoms with Crippen molar-refractivity contribution in [1.82, 2.24) is 15.2 Å². The third-order valence-electron chi connectivity index (χ3n) is 6.21. The van der Waals surface area contributed by atoms with E-state index in [4.69, 9.17) is 0 Å². The highest BCUT2D eigenvalue weighted by Gasteiger charge is 2.42. The van der Waals surface area contributed by atoms with Crippen LogP contribution in [0.25, 0.3) is 5.57 Å². The molecule has 5 heteroatoms. The molecule has 29 heavy (non-hydrogen) atoms. The summed E-state index contributed by atoms with van der Waals surface area (Å²) < 4.78 is 0. The topological polar surface area (TPSA) is 65.5 Å². The van der Waals surface area contributed by atoms with Crippen molar-refractivity contribution in [3.8, 4) is 0 Å². The van der Waals surface area contributed by atoms with Gasteiger partial charge in [-0.1, -0.05) is 30.3 Å². The molecule has 1 fully saturated rings. The molecule has 2 N–H and O–H groups in total. The van der Waals surface area contributed by atoms with Gasteiger partial charge in [-0.25, -0.2) is 0 Å². The van der Waals surface area contributed by atoms with Crippen LogP contribution in [0.15, 0.2) is 54.9 Å². The Labute approximate surface area is 172 Å². The van der Waals surface area contributed by atoms with Crippen LogP contribution in [0.4, 0.5) is 0 Å². The number of nitrogens with one attached hydrogen (secondary N) is 1. The summed E-state index contributed by atoms with van der Waals surface area (Å²) >= 11 is 0. The maximum absolute atomic E-state index is 12.9. The minimum absolute atomic E-state index is 0.0198. The number of carbonyl (C=O) groups excluding carboxylic acids is 1. The van der Waals surface area contributed by atoms with Gasteiger partial charge in [-0.3, -0.25) is 9.78 Å². The lowest BCUT2D eigenvalue weighted by Gasteiger charge is -2.47. The van der Waals surface area contributed by atoms with Gasteiger partial charge in [-0.15, -0.1) is 0 Å². The lowest BCUT2D eigenvalue weighted by atomic mass is 9.77. The van der Waals surface area contributed by atoms with Crippen LogP contribution >= 0.6 is 0 Å². The van der Waals surface area contributed by atoms with E-state index in [0.717, 1.165) is 6.42 Å². The van der Waals surface area contributed by atoms with Crippen LogP contribution in [-0.2, 0) is 0 Å². The summed E-state index contributed by atoms with van der Waals surface area (Å²) in [6.45, 7) is 3.35. The second kappa shape index (κ2) is 8.89. The fourth-order valence-corrected chi connectivity index (χ4v) is 4.56. The molecule has 1 aliphatic carbocycles. The molecule has 0 bridgehead atoms. The van der Waals surface area contributed by atoms with Crippen molar-refractivity contribution >= 4 is 11.5 Å². The van der Waals surface area contributed by atoms with Crippen LogP contribution in [0.1, 0.15) is 53.6 Å². The van der Waals surface area contributed by atoms with E-state index in [1.54, 1.807) is 24.5 Å². The van der Waals surface area contributed by atoms with E-state index >= 15 is 0 Å². The van der Waals surface area contributed by atoms with E-state index in [-0.39, 0.29) is 30.5 Å². The highest BCUT2D eigenvalue weighted by molar-refractivity contribution is 5.94. The molecule has 1 aromatic heterocycles. The molecule has 1 amide bonds. The molecule has 2 aliphatic rings. The highest BCUT2D eigenvalue weighted by atomic mass is 16.3. The Morgan fingerprint density at radius 2 is 1.93 bits per heavy atom. The van der Waals surface area contributed by atoms with Crippen molar-refractivity contribution in [2.75, 3.05) is 19.7 Å². The Kier molecular flexibility index (Phi) is 6.07. The molecule has 152 valence electrons. The van der Waals surface area contributed by atoms with Gasteiger partial charge in [0.1, 0.15) is 0 Å². The first-order valence-electron chi connectivity index (χ1n) is 10.6. The molecule has 1 aliphatic heterocycles. The Hall–Kier alpha value is -2.50. The van der Waals surface area contributed by atoms with Crippen LogP contribution in [-0.4, -0.2) is 52.7 Å². The van der Waals surface area contributed by atoms with Gasteiger partial charge in [0.05, 0.1) is 6.61 Å². The monoisotopic (exact) mass is 391 g/mol. The first-order chi connectivity index (χ1) is 14.2. The summed E-state index contributed by atoms with van der Waals surface area (Å²) in [7, 11) is 0. The summed E-state index contributed by atoms with van der Waals surface area (Å²) in [5, 5.41) is 13.2. The third kappa shape index (κ3) is 4.11. The number of pyridine rings is 1. The van der Waals surface area contributed by atoms with E-state index in [1.807, 2.05) is 11.8 Å². The standard InChI is InChI=1S/C24H29N3O2/c1-2-27(24(29)20-11-13-25-14-12-20)15-21-23(22(16-28)26-21)19-9-7-18(8-10-19)17-5-3-4-6-17/h5,7-14,21-23,26,28H,2-4,6,15-16H2,1H3/t21-,22+,23-/m1/s1. The lowest BCUT2D eigenvalue weighted by Crippen LogP contribution is -2.65. The van der Waals surface area contributed by atoms with Gasteiger partial charge in [-0.05, 0) is 55.0 Å². The van der Waals surface area contributed by atoms with Gasteiger partial charge in [0, 0.05) is 49.0 Å². The molecular formula is C24H29N3O2. The van der Waals surface area contributed by atoms with Crippen LogP contribution in [0, 0.1) is 0 Å². The minimum Gasteiger partial charge on any atom is -0.395 e. The molecule has 2 aromatic rings. The van der Waals surface area contributed by atoms with Crippen LogP contribution in [0.5, 0.6) is 0 Å². The third-order valence-corrected chi connectivity index (χ3v) is 6.21. The van der Waals surface area contributed by atoms with Gasteiger partial charge in [0.25, 0.3) is 5.91 Å². The first-order valence-corrected chi connectivity index (χ1v) is 10.6. The smallest absolute Gasteiger partial charge is 0.254 e. The van der Waals surface area contributed by atoms with E-state index in [1.165, 1.54) is 29.5 Å². The van der Waals surface area contributed by atoms with E-state index < -0.39 is 0 Å². The number of aliphatic hydroxyl groups is 1. The molecular weight excluding hydrogens is 362 g/mol. The summed E-state index contributed by atoms with van der Waals surface area (Å²) in [5.74, 6) is 0.220. The fraction of sp³-hybridized carbons (Fsp3) is 0.417. The van der Waals surface area contributed by atoms with Crippen LogP contribution in [0.3, 0.4) is 0 Å². The number of benzene rings is 1. The summed E-state index contributed by atoms with van der Waals surface area (Å²) in [6, 6.07) is 12.5. The number of nitrogens with zero attached hydrogens (tertiary/aromatic N) is 2. The van der Waals surface area contributed by atoms with E-state index in [2.05, 4.69) is 40.6 Å². The maximum atomic E-state index is 12.9. The summed E-state index contributed by atoms with van der Waals surface area (Å²) in [4.78, 5) is 18.7. The molecule has 0 unspecified atom stereocenters. The fourth-order valence-electron chi connectivity index (χ4n) is 4.56. The highest BCUT2D eigenvalue weighted by Crippen LogP contribution is 2.34. The number of amides is 1. The number of hydrogen-bond acceptors (Lipinski definition) is 4. The lowest BCUT2D eigenvalue weighted by molar-refractivity contribution is 0.0641. The Bertz CT molecular complexity index is 863. The van der Waals surface area contributed by atoms with E-state index in [9.17, 15) is 9.90 Å². The number of rotatable bonds is 7. The SMILES string of the molecule is CCN(C[C@H]1N[C@@H](CO)[C@@H]1c1ccc(C2=CCCC2)cc1)C(=O)c1ccncc1.